The summed E-state index contributed by atoms with van der Waals surface area (Å²) in [6.45, 7) is 7.10. The third-order valence-corrected chi connectivity index (χ3v) is 7.34. The lowest BCUT2D eigenvalue weighted by Crippen LogP contribution is -2.20. The third kappa shape index (κ3) is 16.1. The number of thiazole rings is 1. The molecule has 5 aromatic heterocycles. The van der Waals surface area contributed by atoms with E-state index >= 15 is 0 Å². The van der Waals surface area contributed by atoms with Crippen LogP contribution in [0.5, 0.6) is 0 Å². The molecule has 0 aliphatic carbocycles. The molecule has 0 aromatic carbocycles. The van der Waals surface area contributed by atoms with Gasteiger partial charge in [0.2, 0.25) is 10.3 Å². The number of aromatic amines is 1. The summed E-state index contributed by atoms with van der Waals surface area (Å²) >= 11 is 39.0. The Balaban J connectivity index is 0.000000307. The number of anilines is 2. The van der Waals surface area contributed by atoms with Gasteiger partial charge in [0.15, 0.2) is 20.1 Å². The Bertz CT molecular complexity index is 1760. The smallest absolute Gasteiger partial charge is 0.343 e. The number of H-pyrrole nitrogens is 1. The maximum Gasteiger partial charge on any atom is 0.343 e. The Morgan fingerprint density at radius 1 is 0.776 bits per heavy atom. The lowest BCUT2D eigenvalue weighted by molar-refractivity contribution is -0.385. The van der Waals surface area contributed by atoms with E-state index in [1.807, 2.05) is 20.8 Å². The van der Waals surface area contributed by atoms with Gasteiger partial charge < -0.3 is 30.7 Å². The number of nitro groups is 1. The second-order valence-corrected chi connectivity index (χ2v) is 11.1. The molecule has 5 aromatic rings. The van der Waals surface area contributed by atoms with E-state index in [4.69, 9.17) is 108 Å². The van der Waals surface area contributed by atoms with E-state index in [1.54, 1.807) is 5.51 Å². The molecule has 5 heterocycles. The second kappa shape index (κ2) is 24.2. The number of nitrogens with zero attached hydrogens (tertiary/aromatic N) is 9. The lowest BCUT2D eigenvalue weighted by atomic mass is 10.5. The Morgan fingerprint density at radius 3 is 1.63 bits per heavy atom. The number of hydrogen-bond donors (Lipinski definition) is 3. The number of hydrogen-bond acceptors (Lipinski definition) is 17. The van der Waals surface area contributed by atoms with Crippen LogP contribution in [0.25, 0.3) is 10.3 Å². The maximum absolute atomic E-state index is 10.2. The molecule has 5 N–H and O–H groups in total. The summed E-state index contributed by atoms with van der Waals surface area (Å²) in [5, 5.41) is 10.8. The number of nitrogens with two attached hydrogens (primary N) is 2. The molecule has 0 aliphatic rings. The normalized spacial score (nSPS) is 10.0. The molecule has 0 bridgehead atoms. The van der Waals surface area contributed by atoms with E-state index in [0.29, 0.717) is 46.0 Å². The molecule has 49 heavy (non-hydrogen) atoms. The van der Waals surface area contributed by atoms with E-state index in [0.717, 1.165) is 11.2 Å². The van der Waals surface area contributed by atoms with Crippen molar-refractivity contribution in [1.82, 2.24) is 44.9 Å². The highest BCUT2D eigenvalue weighted by atomic mass is 35.5. The van der Waals surface area contributed by atoms with Crippen molar-refractivity contribution in [2.45, 2.75) is 27.2 Å². The number of fused-ring (bicyclic) bond motifs is 1. The standard InChI is InChI=1S/C7H16O3.C5H2ClN3S.C4HCl2N3O2.C4H3Cl2N3.C4H4ClN3S/c1-4-8-7(9-5-2)10-6-3;6-4-3-5(8-1-7-4)10-2-9-3;5-3-2(9(10)11)4(6)8-1-7-3;5-3-2(7)4(6)9-1-8-3;5-3-2(6)4(9)8-1-7-3/h7H,4-6H2,1-3H3;1-2H;1H;1H,7H2;1H,6H2,(H,7,8,9). The molecule has 0 fully saturated rings. The Hall–Kier alpha value is -2.95. The molecule has 0 amide bonds. The van der Waals surface area contributed by atoms with Crippen molar-refractivity contribution < 1.29 is 19.1 Å². The first-order valence-electron chi connectivity index (χ1n) is 13.0. The van der Waals surface area contributed by atoms with Gasteiger partial charge in [0, 0.05) is 19.8 Å². The van der Waals surface area contributed by atoms with Gasteiger partial charge in [0.05, 0.1) is 16.8 Å². The largest absolute Gasteiger partial charge is 0.394 e. The number of aromatic nitrogens is 9. The monoisotopic (exact) mass is 836 g/mol. The maximum atomic E-state index is 10.2. The van der Waals surface area contributed by atoms with Gasteiger partial charge in [0.25, 0.3) is 6.48 Å². The molecule has 0 spiro atoms. The van der Waals surface area contributed by atoms with Gasteiger partial charge in [-0.3, -0.25) is 10.1 Å². The van der Waals surface area contributed by atoms with Crippen molar-refractivity contribution in [3.05, 3.63) is 76.5 Å². The first kappa shape index (κ1) is 44.1. The van der Waals surface area contributed by atoms with E-state index < -0.39 is 17.1 Å². The van der Waals surface area contributed by atoms with Crippen molar-refractivity contribution in [3.63, 3.8) is 0 Å². The molecule has 0 atom stereocenters. The zero-order chi connectivity index (χ0) is 36.9. The minimum Gasteiger partial charge on any atom is -0.394 e. The molecular formula is C24H26Cl6N12O5S2. The lowest BCUT2D eigenvalue weighted by Gasteiger charge is -2.15. The van der Waals surface area contributed by atoms with Crippen LogP contribution in [0.3, 0.4) is 0 Å². The van der Waals surface area contributed by atoms with Crippen LogP contribution in [0.2, 0.25) is 30.9 Å². The average molecular weight is 839 g/mol. The first-order chi connectivity index (χ1) is 23.3. The van der Waals surface area contributed by atoms with Crippen molar-refractivity contribution in [3.8, 4) is 0 Å². The molecule has 0 aliphatic heterocycles. The van der Waals surface area contributed by atoms with Gasteiger partial charge in [-0.2, -0.15) is 0 Å². The van der Waals surface area contributed by atoms with Crippen LogP contribution in [-0.2, 0) is 14.2 Å². The summed E-state index contributed by atoms with van der Waals surface area (Å²) in [7, 11) is 0. The van der Waals surface area contributed by atoms with Gasteiger partial charge in [-0.25, -0.2) is 39.9 Å². The highest BCUT2D eigenvalue weighted by Crippen LogP contribution is 2.27. The summed E-state index contributed by atoms with van der Waals surface area (Å²) in [5.74, 6) is 0. The highest BCUT2D eigenvalue weighted by Gasteiger charge is 2.19. The summed E-state index contributed by atoms with van der Waals surface area (Å²) in [6, 6.07) is 0. The van der Waals surface area contributed by atoms with Crippen LogP contribution in [0.15, 0.2) is 30.8 Å². The molecule has 5 rings (SSSR count). The molecule has 0 radical (unpaired) electrons. The first-order valence-corrected chi connectivity index (χ1v) is 16.6. The third-order valence-electron chi connectivity index (χ3n) is 4.54. The fraction of sp³-hybridized carbons (Fsp3) is 0.292. The number of ether oxygens (including phenoxy) is 3. The minimum absolute atomic E-state index is 0.190. The van der Waals surface area contributed by atoms with Crippen LogP contribution in [0, 0.1) is 14.8 Å². The zero-order valence-electron chi connectivity index (χ0n) is 25.4. The van der Waals surface area contributed by atoms with E-state index in [-0.39, 0.29) is 26.3 Å². The van der Waals surface area contributed by atoms with Crippen LogP contribution < -0.4 is 11.5 Å². The topological polar surface area (TPSA) is 242 Å². The molecule has 17 nitrogen and oxygen atoms in total. The van der Waals surface area contributed by atoms with Crippen molar-refractivity contribution in [1.29, 1.82) is 0 Å². The highest BCUT2D eigenvalue weighted by molar-refractivity contribution is 7.71. The minimum atomic E-state index is -0.731. The molecule has 266 valence electrons. The second-order valence-electron chi connectivity index (χ2n) is 7.69. The molecule has 0 saturated heterocycles. The van der Waals surface area contributed by atoms with Gasteiger partial charge in [-0.1, -0.05) is 81.8 Å². The van der Waals surface area contributed by atoms with Crippen LogP contribution in [0.4, 0.5) is 17.1 Å². The van der Waals surface area contributed by atoms with Gasteiger partial charge in [0.1, 0.15) is 45.9 Å². The van der Waals surface area contributed by atoms with E-state index in [2.05, 4.69) is 44.9 Å². The number of rotatable bonds is 7. The molecular weight excluding hydrogens is 813 g/mol. The summed E-state index contributed by atoms with van der Waals surface area (Å²) < 4.78 is 15.6. The summed E-state index contributed by atoms with van der Waals surface area (Å²) in [5.41, 5.74) is 13.1. The number of nitrogen functional groups attached to an aromatic ring is 2. The fourth-order valence-corrected chi connectivity index (χ4v) is 4.43. The zero-order valence-corrected chi connectivity index (χ0v) is 31.6. The predicted molar refractivity (Wildman–Crippen MR) is 193 cm³/mol. The van der Waals surface area contributed by atoms with Crippen LogP contribution in [-0.4, -0.2) is 76.1 Å². The van der Waals surface area contributed by atoms with Gasteiger partial charge in [-0.05, 0) is 20.8 Å². The molecule has 0 saturated carbocycles. The molecule has 0 unspecified atom stereocenters. The average Bonchev–Trinajstić information content (AvgIpc) is 3.55. The van der Waals surface area contributed by atoms with Crippen molar-refractivity contribution in [2.24, 2.45) is 0 Å². The Morgan fingerprint density at radius 2 is 1.24 bits per heavy atom. The van der Waals surface area contributed by atoms with E-state index in [1.165, 1.54) is 30.3 Å². The number of halogens is 6. The quantitative estimate of drug-likeness (QED) is 0.0471. The van der Waals surface area contributed by atoms with E-state index in [9.17, 15) is 10.1 Å². The Labute approximate surface area is 317 Å². The summed E-state index contributed by atoms with van der Waals surface area (Å²) in [4.78, 5) is 42.3. The van der Waals surface area contributed by atoms with Crippen LogP contribution >= 0.6 is 93.2 Å². The fourth-order valence-electron chi connectivity index (χ4n) is 2.45. The van der Waals surface area contributed by atoms with Gasteiger partial charge >= 0.3 is 5.69 Å². The summed E-state index contributed by atoms with van der Waals surface area (Å²) in [6.07, 6.45) is 5.14. The molecule has 25 heteroatoms. The Kier molecular flexibility index (Phi) is 21.8. The number of nitrogens with one attached hydrogen (secondary N) is 1. The van der Waals surface area contributed by atoms with Crippen molar-refractivity contribution >= 4 is 121 Å². The van der Waals surface area contributed by atoms with Crippen molar-refractivity contribution in [2.75, 3.05) is 31.3 Å². The van der Waals surface area contributed by atoms with Gasteiger partial charge in [-0.15, -0.1) is 11.3 Å². The van der Waals surface area contributed by atoms with Crippen LogP contribution in [0.1, 0.15) is 20.8 Å². The SMILES string of the molecule is CCOC(OCC)OCC.Clc1ncnc2scnc12.Nc1c(Cl)[nH]cnc1=S.Nc1c(Cl)ncnc1Cl.O=[N+]([O-])c1c(Cl)ncnc1Cl. The predicted octanol–water partition coefficient (Wildman–Crippen LogP) is 7.55.